The molecule has 0 bridgehead atoms. The molecule has 0 amide bonds. The third kappa shape index (κ3) is 2.47. The molecule has 2 rings (SSSR count). The van der Waals surface area contributed by atoms with E-state index in [2.05, 4.69) is 11.4 Å². The molecule has 0 fully saturated rings. The molecule has 2 nitrogen and oxygen atoms in total. The molecule has 2 aromatic carbocycles. The zero-order valence-corrected chi connectivity index (χ0v) is 11.0. The highest BCUT2D eigenvalue weighted by molar-refractivity contribution is 6.31. The molecule has 0 saturated heterocycles. The lowest BCUT2D eigenvalue weighted by Gasteiger charge is -2.12. The van der Waals surface area contributed by atoms with Gasteiger partial charge in [0, 0.05) is 10.7 Å². The van der Waals surface area contributed by atoms with Crippen LogP contribution in [0.3, 0.4) is 0 Å². The van der Waals surface area contributed by atoms with Crippen LogP contribution >= 0.6 is 11.6 Å². The highest BCUT2D eigenvalue weighted by atomic mass is 35.5. The lowest BCUT2D eigenvalue weighted by atomic mass is 10.1. The lowest BCUT2D eigenvalue weighted by Crippen LogP contribution is -1.96. The summed E-state index contributed by atoms with van der Waals surface area (Å²) < 4.78 is 0. The number of hydrogen-bond donors (Lipinski definition) is 1. The first kappa shape index (κ1) is 12.5. The lowest BCUT2D eigenvalue weighted by molar-refractivity contribution is 1.38. The Hall–Kier alpha value is -1.98. The van der Waals surface area contributed by atoms with Crippen LogP contribution in [0.2, 0.25) is 5.02 Å². The van der Waals surface area contributed by atoms with Crippen molar-refractivity contribution in [2.24, 2.45) is 0 Å². The van der Waals surface area contributed by atoms with E-state index in [9.17, 15) is 0 Å². The molecule has 0 spiro atoms. The molecule has 90 valence electrons. The Morgan fingerprint density at radius 2 is 1.89 bits per heavy atom. The number of para-hydroxylation sites is 1. The van der Waals surface area contributed by atoms with E-state index in [1.165, 1.54) is 0 Å². The Labute approximate surface area is 112 Å². The third-order valence-electron chi connectivity index (χ3n) is 2.83. The predicted molar refractivity (Wildman–Crippen MR) is 75.4 cm³/mol. The molecule has 0 radical (unpaired) electrons. The summed E-state index contributed by atoms with van der Waals surface area (Å²) in [5.74, 6) is 0. The van der Waals surface area contributed by atoms with Gasteiger partial charge < -0.3 is 5.32 Å². The summed E-state index contributed by atoms with van der Waals surface area (Å²) in [7, 11) is 0. The van der Waals surface area contributed by atoms with Gasteiger partial charge in [0.25, 0.3) is 0 Å². The van der Waals surface area contributed by atoms with Gasteiger partial charge in [-0.1, -0.05) is 29.8 Å². The van der Waals surface area contributed by atoms with Gasteiger partial charge in [-0.15, -0.1) is 0 Å². The second kappa shape index (κ2) is 5.12. The number of rotatable bonds is 2. The Bertz CT molecular complexity index is 627. The summed E-state index contributed by atoms with van der Waals surface area (Å²) >= 11 is 6.09. The summed E-state index contributed by atoms with van der Waals surface area (Å²) in [4.78, 5) is 0. The summed E-state index contributed by atoms with van der Waals surface area (Å²) in [5.41, 5.74) is 4.42. The van der Waals surface area contributed by atoms with Crippen molar-refractivity contribution in [2.45, 2.75) is 13.8 Å². The van der Waals surface area contributed by atoms with Crippen molar-refractivity contribution in [2.75, 3.05) is 5.32 Å². The van der Waals surface area contributed by atoms with E-state index in [4.69, 9.17) is 16.9 Å². The normalized spacial score (nSPS) is 9.89. The number of aryl methyl sites for hydroxylation is 2. The van der Waals surface area contributed by atoms with Gasteiger partial charge in [-0.3, -0.25) is 0 Å². The van der Waals surface area contributed by atoms with E-state index >= 15 is 0 Å². The van der Waals surface area contributed by atoms with Gasteiger partial charge in [-0.05, 0) is 43.2 Å². The Kier molecular flexibility index (Phi) is 3.55. The minimum absolute atomic E-state index is 0.631. The monoisotopic (exact) mass is 256 g/mol. The van der Waals surface area contributed by atoms with E-state index in [1.807, 2.05) is 44.2 Å². The second-order valence-electron chi connectivity index (χ2n) is 4.20. The van der Waals surface area contributed by atoms with Gasteiger partial charge in [0.05, 0.1) is 11.3 Å². The maximum atomic E-state index is 9.10. The van der Waals surface area contributed by atoms with E-state index in [-0.39, 0.29) is 0 Å². The predicted octanol–water partition coefficient (Wildman–Crippen LogP) is 4.57. The summed E-state index contributed by atoms with van der Waals surface area (Å²) in [5, 5.41) is 13.1. The van der Waals surface area contributed by atoms with Crippen molar-refractivity contribution in [3.05, 3.63) is 58.1 Å². The van der Waals surface area contributed by atoms with Crippen molar-refractivity contribution < 1.29 is 0 Å². The highest BCUT2D eigenvalue weighted by Gasteiger charge is 2.06. The van der Waals surface area contributed by atoms with Crippen molar-refractivity contribution in [1.82, 2.24) is 0 Å². The van der Waals surface area contributed by atoms with E-state index in [0.717, 1.165) is 22.5 Å². The van der Waals surface area contributed by atoms with Gasteiger partial charge in [0.1, 0.15) is 6.07 Å². The quantitative estimate of drug-likeness (QED) is 0.854. The van der Waals surface area contributed by atoms with Gasteiger partial charge in [0.2, 0.25) is 0 Å². The second-order valence-corrected chi connectivity index (χ2v) is 4.61. The molecule has 3 heteroatoms. The first-order valence-electron chi connectivity index (χ1n) is 5.64. The Morgan fingerprint density at radius 3 is 2.56 bits per heavy atom. The summed E-state index contributed by atoms with van der Waals surface area (Å²) in [6.45, 7) is 3.93. The topological polar surface area (TPSA) is 35.8 Å². The molecule has 0 aliphatic rings. The van der Waals surface area contributed by atoms with Crippen LogP contribution in [-0.2, 0) is 0 Å². The molecule has 0 aliphatic heterocycles. The summed E-state index contributed by atoms with van der Waals surface area (Å²) in [6.07, 6.45) is 0. The van der Waals surface area contributed by atoms with E-state index in [0.29, 0.717) is 10.6 Å². The number of hydrogen-bond acceptors (Lipinski definition) is 2. The number of halogens is 1. The SMILES string of the molecule is Cc1ccc(Nc2c(C)cccc2C#N)cc1Cl. The average Bonchev–Trinajstić information content (AvgIpc) is 2.36. The van der Waals surface area contributed by atoms with Crippen LogP contribution in [0.1, 0.15) is 16.7 Å². The first-order chi connectivity index (χ1) is 8.61. The van der Waals surface area contributed by atoms with Crippen LogP contribution in [0, 0.1) is 25.2 Å². The Balaban J connectivity index is 2.40. The third-order valence-corrected chi connectivity index (χ3v) is 3.24. The number of anilines is 2. The van der Waals surface area contributed by atoms with Crippen LogP contribution in [0.4, 0.5) is 11.4 Å². The fourth-order valence-corrected chi connectivity index (χ4v) is 1.92. The van der Waals surface area contributed by atoms with Crippen LogP contribution in [0.25, 0.3) is 0 Å². The van der Waals surface area contributed by atoms with E-state index in [1.54, 1.807) is 6.07 Å². The molecule has 18 heavy (non-hydrogen) atoms. The molecule has 0 heterocycles. The first-order valence-corrected chi connectivity index (χ1v) is 6.02. The molecule has 1 N–H and O–H groups in total. The highest BCUT2D eigenvalue weighted by Crippen LogP contribution is 2.27. The van der Waals surface area contributed by atoms with Crippen LogP contribution in [0.5, 0.6) is 0 Å². The van der Waals surface area contributed by atoms with Crippen molar-refractivity contribution in [1.29, 1.82) is 5.26 Å². The molecule has 2 aromatic rings. The molecule has 0 aliphatic carbocycles. The molecule has 0 aromatic heterocycles. The largest absolute Gasteiger partial charge is 0.354 e. The van der Waals surface area contributed by atoms with Gasteiger partial charge in [-0.25, -0.2) is 0 Å². The van der Waals surface area contributed by atoms with Gasteiger partial charge >= 0.3 is 0 Å². The Morgan fingerprint density at radius 1 is 1.11 bits per heavy atom. The minimum Gasteiger partial charge on any atom is -0.354 e. The fraction of sp³-hybridized carbons (Fsp3) is 0.133. The number of nitriles is 1. The molecule has 0 atom stereocenters. The van der Waals surface area contributed by atoms with Crippen LogP contribution in [0.15, 0.2) is 36.4 Å². The number of benzene rings is 2. The van der Waals surface area contributed by atoms with E-state index < -0.39 is 0 Å². The van der Waals surface area contributed by atoms with Crippen molar-refractivity contribution in [3.8, 4) is 6.07 Å². The zero-order valence-electron chi connectivity index (χ0n) is 10.3. The fourth-order valence-electron chi connectivity index (χ4n) is 1.74. The summed E-state index contributed by atoms with van der Waals surface area (Å²) in [6, 6.07) is 13.6. The van der Waals surface area contributed by atoms with Crippen LogP contribution < -0.4 is 5.32 Å². The number of nitrogens with one attached hydrogen (secondary N) is 1. The molecule has 0 unspecified atom stereocenters. The van der Waals surface area contributed by atoms with Crippen molar-refractivity contribution >= 4 is 23.0 Å². The standard InChI is InChI=1S/C15H13ClN2/c1-10-6-7-13(8-14(10)16)18-15-11(2)4-3-5-12(15)9-17/h3-8,18H,1-2H3. The van der Waals surface area contributed by atoms with Gasteiger partial charge in [0.15, 0.2) is 0 Å². The molecule has 0 saturated carbocycles. The van der Waals surface area contributed by atoms with Gasteiger partial charge in [-0.2, -0.15) is 5.26 Å². The average molecular weight is 257 g/mol. The zero-order chi connectivity index (χ0) is 13.1. The number of nitrogens with zero attached hydrogens (tertiary/aromatic N) is 1. The van der Waals surface area contributed by atoms with Crippen molar-refractivity contribution in [3.63, 3.8) is 0 Å². The maximum absolute atomic E-state index is 9.10. The van der Waals surface area contributed by atoms with Crippen LogP contribution in [-0.4, -0.2) is 0 Å². The smallest absolute Gasteiger partial charge is 0.101 e. The molecular formula is C15H13ClN2. The minimum atomic E-state index is 0.631. The molecular weight excluding hydrogens is 244 g/mol. The maximum Gasteiger partial charge on any atom is 0.101 e.